The Balaban J connectivity index is 4.04. The van der Waals surface area contributed by atoms with Gasteiger partial charge in [0.25, 0.3) is 0 Å². The van der Waals surface area contributed by atoms with Gasteiger partial charge in [0.1, 0.15) is 5.16 Å². The first kappa shape index (κ1) is 8.30. The van der Waals surface area contributed by atoms with Crippen LogP contribution >= 0.6 is 11.6 Å². The topological polar surface area (TPSA) is 40.5 Å². The summed E-state index contributed by atoms with van der Waals surface area (Å²) in [5, 5.41) is 8.49. The van der Waals surface area contributed by atoms with Gasteiger partial charge < -0.3 is 5.11 Å². The number of carboxylic acid groups (broad SMARTS) is 1. The van der Waals surface area contributed by atoms with E-state index in [0.29, 0.717) is 0 Å². The Hall–Kier alpha value is -0.700. The zero-order chi connectivity index (χ0) is 7.44. The Bertz CT molecular complexity index is 144. The second-order valence-corrected chi connectivity index (χ2v) is 1.84. The Morgan fingerprint density at radius 2 is 2.22 bits per heavy atom. The number of rotatable bonds is 1. The van der Waals surface area contributed by atoms with Crippen LogP contribution in [0, 0.1) is 0 Å². The van der Waals surface area contributed by atoms with Crippen molar-refractivity contribution >= 4 is 17.7 Å². The lowest BCUT2D eigenvalue weighted by molar-refractivity contribution is 0.169. The molecule has 0 fully saturated rings. The molecule has 0 aliphatic rings. The van der Waals surface area contributed by atoms with Crippen molar-refractivity contribution < 1.29 is 9.90 Å². The lowest BCUT2D eigenvalue weighted by atomic mass is 10.6. The van der Waals surface area contributed by atoms with Crippen LogP contribution in [0.25, 0.3) is 0 Å². The Labute approximate surface area is 58.5 Å². The molecule has 0 bridgehead atoms. The summed E-state index contributed by atoms with van der Waals surface area (Å²) in [6, 6.07) is 0. The van der Waals surface area contributed by atoms with Crippen molar-refractivity contribution in [1.29, 1.82) is 0 Å². The van der Waals surface area contributed by atoms with Crippen molar-refractivity contribution in [3.8, 4) is 0 Å². The maximum atomic E-state index is 10.1. The van der Waals surface area contributed by atoms with Crippen molar-refractivity contribution in [3.05, 3.63) is 11.2 Å². The molecule has 0 aliphatic heterocycles. The summed E-state index contributed by atoms with van der Waals surface area (Å²) in [6.07, 6.45) is 0.452. The van der Waals surface area contributed by atoms with E-state index in [9.17, 15) is 4.79 Å². The fraction of sp³-hybridized carbons (Fsp3) is 0.400. The minimum atomic E-state index is -1.06. The van der Waals surface area contributed by atoms with Gasteiger partial charge in [0.05, 0.1) is 0 Å². The number of hydrogen-bond donors (Lipinski definition) is 1. The van der Waals surface area contributed by atoms with Gasteiger partial charge in [-0.15, -0.1) is 0 Å². The number of nitrogens with zero attached hydrogens (tertiary/aromatic N) is 1. The largest absolute Gasteiger partial charge is 0.465 e. The second kappa shape index (κ2) is 3.35. The van der Waals surface area contributed by atoms with E-state index < -0.39 is 6.09 Å². The fourth-order valence-electron chi connectivity index (χ4n) is 0.285. The van der Waals surface area contributed by atoms with Crippen LogP contribution in [0.2, 0.25) is 0 Å². The lowest BCUT2D eigenvalue weighted by Crippen LogP contribution is -2.21. The average molecular weight is 150 g/mol. The highest BCUT2D eigenvalue weighted by molar-refractivity contribution is 6.29. The molecule has 0 saturated heterocycles. The maximum Gasteiger partial charge on any atom is 0.412 e. The molecule has 1 amide bonds. The Morgan fingerprint density at radius 1 is 1.78 bits per heavy atom. The monoisotopic (exact) mass is 149 g/mol. The van der Waals surface area contributed by atoms with Gasteiger partial charge in [0, 0.05) is 7.05 Å². The zero-order valence-corrected chi connectivity index (χ0v) is 6.01. The molecule has 0 unspecified atom stereocenters. The SMILES string of the molecule is CC=C(Cl)N(C)C(=O)O. The van der Waals surface area contributed by atoms with Gasteiger partial charge in [-0.25, -0.2) is 4.79 Å². The van der Waals surface area contributed by atoms with Gasteiger partial charge in [0.15, 0.2) is 0 Å². The average Bonchev–Trinajstić information content (AvgIpc) is 1.84. The van der Waals surface area contributed by atoms with Gasteiger partial charge in [0.2, 0.25) is 0 Å². The van der Waals surface area contributed by atoms with Gasteiger partial charge in [-0.2, -0.15) is 0 Å². The minimum Gasteiger partial charge on any atom is -0.465 e. The van der Waals surface area contributed by atoms with E-state index in [-0.39, 0.29) is 5.16 Å². The van der Waals surface area contributed by atoms with Crippen molar-refractivity contribution in [2.24, 2.45) is 0 Å². The zero-order valence-electron chi connectivity index (χ0n) is 5.26. The summed E-state index contributed by atoms with van der Waals surface area (Å²) in [7, 11) is 1.38. The third kappa shape index (κ3) is 2.37. The first-order valence-electron chi connectivity index (χ1n) is 2.38. The smallest absolute Gasteiger partial charge is 0.412 e. The van der Waals surface area contributed by atoms with Crippen LogP contribution in [0.5, 0.6) is 0 Å². The van der Waals surface area contributed by atoms with Crippen molar-refractivity contribution in [2.75, 3.05) is 7.05 Å². The predicted octanol–water partition coefficient (Wildman–Crippen LogP) is 1.70. The quantitative estimate of drug-likeness (QED) is 0.577. The molecule has 0 atom stereocenters. The van der Waals surface area contributed by atoms with Crippen LogP contribution < -0.4 is 0 Å². The van der Waals surface area contributed by atoms with E-state index in [4.69, 9.17) is 16.7 Å². The molecule has 0 saturated carbocycles. The molecular weight excluding hydrogens is 142 g/mol. The maximum absolute atomic E-state index is 10.1. The molecule has 3 nitrogen and oxygen atoms in total. The Kier molecular flexibility index (Phi) is 3.09. The lowest BCUT2D eigenvalue weighted by Gasteiger charge is -2.09. The van der Waals surface area contributed by atoms with E-state index in [1.165, 1.54) is 13.1 Å². The summed E-state index contributed by atoms with van der Waals surface area (Å²) < 4.78 is 0. The van der Waals surface area contributed by atoms with Crippen LogP contribution in [0.3, 0.4) is 0 Å². The first-order valence-corrected chi connectivity index (χ1v) is 2.76. The molecule has 0 aromatic rings. The van der Waals surface area contributed by atoms with Gasteiger partial charge in [-0.05, 0) is 6.92 Å². The van der Waals surface area contributed by atoms with Crippen LogP contribution in [-0.4, -0.2) is 23.1 Å². The first-order chi connectivity index (χ1) is 4.09. The minimum absolute atomic E-state index is 0.211. The standard InChI is InChI=1S/C5H8ClNO2/c1-3-4(6)7(2)5(8)9/h3H,1-2H3,(H,8,9). The fourth-order valence-corrected chi connectivity index (χ4v) is 0.357. The molecule has 0 heterocycles. The summed E-state index contributed by atoms with van der Waals surface area (Å²) in [5.41, 5.74) is 0. The number of allylic oxidation sites excluding steroid dienone is 1. The molecule has 9 heavy (non-hydrogen) atoms. The van der Waals surface area contributed by atoms with Gasteiger partial charge >= 0.3 is 6.09 Å². The molecule has 0 aromatic heterocycles. The van der Waals surface area contributed by atoms with Crippen molar-refractivity contribution in [2.45, 2.75) is 6.92 Å². The molecule has 1 N–H and O–H groups in total. The number of carbonyl (C=O) groups is 1. The molecule has 4 heteroatoms. The van der Waals surface area contributed by atoms with E-state index in [2.05, 4.69) is 0 Å². The van der Waals surface area contributed by atoms with Crippen LogP contribution in [-0.2, 0) is 0 Å². The molecule has 0 rings (SSSR count). The van der Waals surface area contributed by atoms with E-state index in [1.807, 2.05) is 0 Å². The highest BCUT2D eigenvalue weighted by Gasteiger charge is 2.06. The third-order valence-corrected chi connectivity index (χ3v) is 1.32. The highest BCUT2D eigenvalue weighted by Crippen LogP contribution is 2.05. The second-order valence-electron chi connectivity index (χ2n) is 1.45. The summed E-state index contributed by atoms with van der Waals surface area (Å²) in [6.45, 7) is 1.67. The van der Waals surface area contributed by atoms with Crippen LogP contribution in [0.1, 0.15) is 6.92 Å². The van der Waals surface area contributed by atoms with Gasteiger partial charge in [-0.1, -0.05) is 17.7 Å². The summed E-state index contributed by atoms with van der Waals surface area (Å²) in [5.74, 6) is 0. The molecule has 0 aliphatic carbocycles. The van der Waals surface area contributed by atoms with Crippen LogP contribution in [0.15, 0.2) is 11.2 Å². The number of hydrogen-bond acceptors (Lipinski definition) is 1. The molecule has 52 valence electrons. The molecule has 0 aromatic carbocycles. The normalized spacial score (nSPS) is 11.2. The van der Waals surface area contributed by atoms with Crippen LogP contribution in [0.4, 0.5) is 4.79 Å². The van der Waals surface area contributed by atoms with Crippen molar-refractivity contribution in [1.82, 2.24) is 4.90 Å². The third-order valence-electron chi connectivity index (χ3n) is 0.846. The summed E-state index contributed by atoms with van der Waals surface area (Å²) >= 11 is 5.42. The number of amides is 1. The van der Waals surface area contributed by atoms with Crippen molar-refractivity contribution in [3.63, 3.8) is 0 Å². The molecule has 0 spiro atoms. The number of halogens is 1. The van der Waals surface area contributed by atoms with E-state index in [1.54, 1.807) is 6.92 Å². The summed E-state index contributed by atoms with van der Waals surface area (Å²) in [4.78, 5) is 11.0. The molecular formula is C5H8ClNO2. The van der Waals surface area contributed by atoms with E-state index in [0.717, 1.165) is 4.90 Å². The Morgan fingerprint density at radius 3 is 2.33 bits per heavy atom. The van der Waals surface area contributed by atoms with Gasteiger partial charge in [-0.3, -0.25) is 4.90 Å². The predicted molar refractivity (Wildman–Crippen MR) is 35.4 cm³/mol. The molecule has 0 radical (unpaired) electrons. The highest BCUT2D eigenvalue weighted by atomic mass is 35.5. The van der Waals surface area contributed by atoms with E-state index >= 15 is 0 Å².